The lowest BCUT2D eigenvalue weighted by atomic mass is 9.94. The molecule has 2 aromatic rings. The van der Waals surface area contributed by atoms with Gasteiger partial charge in [0.05, 0.1) is 23.3 Å². The molecule has 1 amide bonds. The van der Waals surface area contributed by atoms with E-state index in [9.17, 15) is 23.4 Å². The van der Waals surface area contributed by atoms with Crippen LogP contribution in [0, 0.1) is 5.92 Å². The number of benzene rings is 2. The maximum absolute atomic E-state index is 13.6. The van der Waals surface area contributed by atoms with Crippen molar-refractivity contribution in [1.29, 1.82) is 0 Å². The van der Waals surface area contributed by atoms with Crippen LogP contribution < -0.4 is 0 Å². The summed E-state index contributed by atoms with van der Waals surface area (Å²) in [7, 11) is -4.01. The average molecular weight is 520 g/mol. The SMILES string of the molecule is CC(C)CN(C[C@@H](O)[C@H](Cc1ccccc1)N(C(=O)O)C(C)(C)C)S(=O)(=O)c1ccc(C=NO)cc1. The molecule has 0 saturated carbocycles. The number of rotatable bonds is 11. The number of nitrogens with zero attached hydrogens (tertiary/aromatic N) is 3. The summed E-state index contributed by atoms with van der Waals surface area (Å²) in [5, 5.41) is 33.1. The summed E-state index contributed by atoms with van der Waals surface area (Å²) in [5.41, 5.74) is 0.520. The molecule has 2 rings (SSSR count). The van der Waals surface area contributed by atoms with E-state index in [2.05, 4.69) is 5.16 Å². The molecule has 198 valence electrons. The fourth-order valence-corrected chi connectivity index (χ4v) is 5.75. The highest BCUT2D eigenvalue weighted by Crippen LogP contribution is 2.25. The van der Waals surface area contributed by atoms with E-state index in [4.69, 9.17) is 5.21 Å². The van der Waals surface area contributed by atoms with Crippen LogP contribution in [0.2, 0.25) is 0 Å². The summed E-state index contributed by atoms with van der Waals surface area (Å²) < 4.78 is 28.3. The van der Waals surface area contributed by atoms with Gasteiger partial charge in [-0.3, -0.25) is 4.90 Å². The lowest BCUT2D eigenvalue weighted by molar-refractivity contribution is 0.000540. The van der Waals surface area contributed by atoms with Gasteiger partial charge in [-0.05, 0) is 56.4 Å². The van der Waals surface area contributed by atoms with Crippen molar-refractivity contribution in [3.8, 4) is 0 Å². The zero-order valence-corrected chi connectivity index (χ0v) is 22.3. The van der Waals surface area contributed by atoms with E-state index in [1.807, 2.05) is 44.2 Å². The Bertz CT molecular complexity index is 1110. The molecule has 0 bridgehead atoms. The van der Waals surface area contributed by atoms with E-state index < -0.39 is 33.8 Å². The molecule has 0 fully saturated rings. The monoisotopic (exact) mass is 519 g/mol. The van der Waals surface area contributed by atoms with Gasteiger partial charge in [0.1, 0.15) is 0 Å². The van der Waals surface area contributed by atoms with Crippen molar-refractivity contribution in [2.45, 2.75) is 63.6 Å². The molecule has 2 atom stereocenters. The third-order valence-corrected chi connectivity index (χ3v) is 7.52. The van der Waals surface area contributed by atoms with Gasteiger partial charge in [-0.15, -0.1) is 0 Å². The lowest BCUT2D eigenvalue weighted by Crippen LogP contribution is -2.58. The first-order valence-corrected chi connectivity index (χ1v) is 13.2. The van der Waals surface area contributed by atoms with E-state index in [0.717, 1.165) is 5.56 Å². The molecule has 9 nitrogen and oxygen atoms in total. The number of carboxylic acid groups (broad SMARTS) is 1. The van der Waals surface area contributed by atoms with E-state index in [-0.39, 0.29) is 30.3 Å². The number of hydrogen-bond donors (Lipinski definition) is 3. The fraction of sp³-hybridized carbons (Fsp3) is 0.462. The summed E-state index contributed by atoms with van der Waals surface area (Å²) in [6, 6.07) is 14.2. The van der Waals surface area contributed by atoms with E-state index in [1.165, 1.54) is 39.7 Å². The molecular weight excluding hydrogens is 482 g/mol. The molecule has 0 aliphatic heterocycles. The van der Waals surface area contributed by atoms with Crippen LogP contribution in [0.3, 0.4) is 0 Å². The first-order chi connectivity index (χ1) is 16.8. The molecule has 0 saturated heterocycles. The highest BCUT2D eigenvalue weighted by molar-refractivity contribution is 7.89. The Balaban J connectivity index is 2.46. The molecule has 0 spiro atoms. The summed E-state index contributed by atoms with van der Waals surface area (Å²) in [4.78, 5) is 13.5. The highest BCUT2D eigenvalue weighted by Gasteiger charge is 2.39. The summed E-state index contributed by atoms with van der Waals surface area (Å²) in [5.74, 6) is -0.0430. The third-order valence-electron chi connectivity index (χ3n) is 5.68. The minimum atomic E-state index is -4.01. The van der Waals surface area contributed by atoms with Crippen LogP contribution in [0.15, 0.2) is 64.6 Å². The quantitative estimate of drug-likeness (QED) is 0.235. The van der Waals surface area contributed by atoms with Crippen molar-refractivity contribution in [3.05, 3.63) is 65.7 Å². The number of oxime groups is 1. The van der Waals surface area contributed by atoms with Crippen LogP contribution in [0.4, 0.5) is 4.79 Å². The molecule has 0 aromatic heterocycles. The van der Waals surface area contributed by atoms with Crippen LogP contribution in [0.1, 0.15) is 45.7 Å². The maximum Gasteiger partial charge on any atom is 0.408 e. The molecule has 0 aliphatic carbocycles. The summed E-state index contributed by atoms with van der Waals surface area (Å²) >= 11 is 0. The number of sulfonamides is 1. The number of aliphatic hydroxyl groups is 1. The van der Waals surface area contributed by atoms with Crippen LogP contribution in [-0.2, 0) is 16.4 Å². The van der Waals surface area contributed by atoms with Gasteiger partial charge < -0.3 is 15.4 Å². The zero-order valence-electron chi connectivity index (χ0n) is 21.4. The number of aliphatic hydroxyl groups excluding tert-OH is 1. The molecule has 0 unspecified atom stereocenters. The maximum atomic E-state index is 13.6. The van der Waals surface area contributed by atoms with Gasteiger partial charge in [0.25, 0.3) is 0 Å². The first-order valence-electron chi connectivity index (χ1n) is 11.8. The summed E-state index contributed by atoms with van der Waals surface area (Å²) in [6.07, 6.45) is -1.08. The van der Waals surface area contributed by atoms with Crippen molar-refractivity contribution < 1.29 is 28.6 Å². The van der Waals surface area contributed by atoms with Crippen LogP contribution in [0.5, 0.6) is 0 Å². The van der Waals surface area contributed by atoms with Gasteiger partial charge >= 0.3 is 6.09 Å². The minimum Gasteiger partial charge on any atom is -0.465 e. The van der Waals surface area contributed by atoms with Crippen LogP contribution in [-0.4, -0.2) is 76.1 Å². The van der Waals surface area contributed by atoms with Crippen molar-refractivity contribution in [2.75, 3.05) is 13.1 Å². The van der Waals surface area contributed by atoms with Gasteiger partial charge in [-0.1, -0.05) is 61.5 Å². The third kappa shape index (κ3) is 7.78. The van der Waals surface area contributed by atoms with Crippen LogP contribution >= 0.6 is 0 Å². The molecule has 0 heterocycles. The van der Waals surface area contributed by atoms with Crippen LogP contribution in [0.25, 0.3) is 0 Å². The second kappa shape index (κ2) is 12.3. The standard InChI is InChI=1S/C26H37N3O6S/c1-19(2)17-28(36(34,35)22-13-11-21(12-14-22)16-27-33)18-24(30)23(15-20-9-7-6-8-10-20)29(25(31)32)26(3,4)5/h6-14,16,19,23-24,30,33H,15,17-18H2,1-5H3,(H,31,32)/t23-,24+/m0/s1. The molecular formula is C26H37N3O6S. The Morgan fingerprint density at radius 2 is 1.61 bits per heavy atom. The van der Waals surface area contributed by atoms with E-state index >= 15 is 0 Å². The van der Waals surface area contributed by atoms with Crippen molar-refractivity contribution in [2.24, 2.45) is 11.1 Å². The molecule has 0 aliphatic rings. The van der Waals surface area contributed by atoms with Crippen molar-refractivity contribution >= 4 is 22.3 Å². The normalized spacial score (nSPS) is 14.3. The van der Waals surface area contributed by atoms with Gasteiger partial charge in [0.2, 0.25) is 10.0 Å². The highest BCUT2D eigenvalue weighted by atomic mass is 32.2. The van der Waals surface area contributed by atoms with Gasteiger partial charge in [-0.25, -0.2) is 13.2 Å². The van der Waals surface area contributed by atoms with E-state index in [0.29, 0.717) is 5.56 Å². The van der Waals surface area contributed by atoms with Crippen molar-refractivity contribution in [3.63, 3.8) is 0 Å². The number of hydrogen-bond acceptors (Lipinski definition) is 6. The molecule has 2 aromatic carbocycles. The first kappa shape index (κ1) is 29.3. The fourth-order valence-electron chi connectivity index (χ4n) is 4.13. The molecule has 10 heteroatoms. The Morgan fingerprint density at radius 1 is 1.03 bits per heavy atom. The Hall–Kier alpha value is -2.95. The number of carbonyl (C=O) groups is 1. The molecule has 3 N–H and O–H groups in total. The average Bonchev–Trinajstić information content (AvgIpc) is 2.78. The van der Waals surface area contributed by atoms with E-state index in [1.54, 1.807) is 20.8 Å². The zero-order chi connectivity index (χ0) is 27.1. The lowest BCUT2D eigenvalue weighted by Gasteiger charge is -2.42. The van der Waals surface area contributed by atoms with Crippen molar-refractivity contribution in [1.82, 2.24) is 9.21 Å². The molecule has 36 heavy (non-hydrogen) atoms. The Labute approximate surface area is 213 Å². The minimum absolute atomic E-state index is 0.0240. The molecule has 0 radical (unpaired) electrons. The smallest absolute Gasteiger partial charge is 0.408 e. The predicted octanol–water partition coefficient (Wildman–Crippen LogP) is 3.89. The Morgan fingerprint density at radius 3 is 2.08 bits per heavy atom. The largest absolute Gasteiger partial charge is 0.465 e. The predicted molar refractivity (Wildman–Crippen MR) is 139 cm³/mol. The topological polar surface area (TPSA) is 131 Å². The second-order valence-corrected chi connectivity index (χ2v) is 12.1. The number of amides is 1. The van der Waals surface area contributed by atoms with Gasteiger partial charge in [0, 0.05) is 18.6 Å². The Kier molecular flexibility index (Phi) is 10.0. The summed E-state index contributed by atoms with van der Waals surface area (Å²) in [6.45, 7) is 8.83. The second-order valence-electron chi connectivity index (χ2n) is 10.2. The van der Waals surface area contributed by atoms with Gasteiger partial charge in [0.15, 0.2) is 0 Å². The van der Waals surface area contributed by atoms with Gasteiger partial charge in [-0.2, -0.15) is 4.31 Å².